The van der Waals surface area contributed by atoms with Gasteiger partial charge < -0.3 is 5.11 Å². The van der Waals surface area contributed by atoms with Crippen LogP contribution in [0.4, 0.5) is 13.2 Å². The number of sulfonamides is 1. The second-order valence-corrected chi connectivity index (χ2v) is 9.99. The Morgan fingerprint density at radius 3 is 2.27 bits per heavy atom. The number of likely N-dealkylation sites (tertiary alicyclic amines) is 1. The molecule has 0 amide bonds. The number of carbonyl (C=O) groups is 1. The number of carboxylic acids is 1. The first kappa shape index (κ1) is 22.9. The normalized spacial score (nSPS) is 21.3. The summed E-state index contributed by atoms with van der Waals surface area (Å²) in [5.41, 5.74) is 1.96. The number of aryl methyl sites for hydroxylation is 1. The number of fused-ring (bicyclic) bond motifs is 1. The molecule has 0 radical (unpaired) electrons. The topological polar surface area (TPSA) is 109 Å². The summed E-state index contributed by atoms with van der Waals surface area (Å²) in [5.74, 6) is -2.76. The number of aromatic nitrogens is 3. The van der Waals surface area contributed by atoms with Gasteiger partial charge in [0, 0.05) is 19.6 Å². The van der Waals surface area contributed by atoms with E-state index in [9.17, 15) is 21.6 Å². The van der Waals surface area contributed by atoms with E-state index in [4.69, 9.17) is 9.90 Å². The summed E-state index contributed by atoms with van der Waals surface area (Å²) in [6.45, 7) is 4.82. The van der Waals surface area contributed by atoms with Gasteiger partial charge in [0.1, 0.15) is 5.69 Å². The third-order valence-corrected chi connectivity index (χ3v) is 7.74. The van der Waals surface area contributed by atoms with Crippen molar-refractivity contribution in [3.8, 4) is 0 Å². The lowest BCUT2D eigenvalue weighted by Gasteiger charge is -2.26. The van der Waals surface area contributed by atoms with E-state index in [1.54, 1.807) is 4.31 Å². The molecule has 1 aromatic rings. The molecule has 3 heterocycles. The molecule has 170 valence electrons. The van der Waals surface area contributed by atoms with Crippen molar-refractivity contribution < 1.29 is 31.5 Å². The Balaban J connectivity index is 0.000000318. The molecule has 30 heavy (non-hydrogen) atoms. The second-order valence-electron chi connectivity index (χ2n) is 7.78. The number of nitrogens with zero attached hydrogens (tertiary/aromatic N) is 5. The Hall–Kier alpha value is -1.73. The molecule has 1 N–H and O–H groups in total. The average molecular weight is 453 g/mol. The molecule has 1 aliphatic carbocycles. The van der Waals surface area contributed by atoms with Crippen molar-refractivity contribution in [2.24, 2.45) is 0 Å². The zero-order chi connectivity index (χ0) is 21.9. The fourth-order valence-electron chi connectivity index (χ4n) is 3.61. The van der Waals surface area contributed by atoms with Gasteiger partial charge in [0.05, 0.1) is 17.5 Å². The van der Waals surface area contributed by atoms with Crippen molar-refractivity contribution in [2.45, 2.75) is 69.6 Å². The van der Waals surface area contributed by atoms with Crippen LogP contribution in [-0.4, -0.2) is 74.8 Å². The van der Waals surface area contributed by atoms with E-state index >= 15 is 0 Å². The van der Waals surface area contributed by atoms with E-state index in [1.807, 2.05) is 4.68 Å². The van der Waals surface area contributed by atoms with Crippen LogP contribution in [0.25, 0.3) is 0 Å². The molecule has 0 atom stereocenters. The van der Waals surface area contributed by atoms with Crippen LogP contribution >= 0.6 is 0 Å². The summed E-state index contributed by atoms with van der Waals surface area (Å²) in [5, 5.41) is 15.6. The first-order chi connectivity index (χ1) is 14.1. The number of carboxylic acid groups (broad SMARTS) is 1. The predicted molar refractivity (Wildman–Crippen MR) is 99.8 cm³/mol. The standard InChI is InChI=1S/C15H25N5O2S.C2HF3O2/c21-23(22,13-5-6-13)19-9-4-10-20-15(12-19)14(16-17-20)11-18-7-2-1-3-8-18;3-2(4,5)1(6)7/h13H,1-12H2;(H,6,7). The molecule has 3 aliphatic rings. The molecule has 2 fully saturated rings. The second kappa shape index (κ2) is 9.18. The first-order valence-corrected chi connectivity index (χ1v) is 11.5. The van der Waals surface area contributed by atoms with E-state index in [1.165, 1.54) is 19.3 Å². The van der Waals surface area contributed by atoms with E-state index in [-0.39, 0.29) is 5.25 Å². The van der Waals surface area contributed by atoms with Crippen molar-refractivity contribution >= 4 is 16.0 Å². The van der Waals surface area contributed by atoms with Crippen molar-refractivity contribution in [2.75, 3.05) is 19.6 Å². The van der Waals surface area contributed by atoms with Gasteiger partial charge in [-0.15, -0.1) is 5.10 Å². The maximum absolute atomic E-state index is 12.6. The third kappa shape index (κ3) is 5.70. The number of aliphatic carboxylic acids is 1. The van der Waals surface area contributed by atoms with Gasteiger partial charge in [-0.3, -0.25) is 4.90 Å². The molecule has 1 aromatic heterocycles. The highest BCUT2D eigenvalue weighted by Gasteiger charge is 2.41. The van der Waals surface area contributed by atoms with Gasteiger partial charge in [-0.1, -0.05) is 11.6 Å². The lowest BCUT2D eigenvalue weighted by atomic mass is 10.1. The molecule has 1 saturated carbocycles. The van der Waals surface area contributed by atoms with Gasteiger partial charge in [-0.2, -0.15) is 17.5 Å². The van der Waals surface area contributed by atoms with Crippen LogP contribution < -0.4 is 0 Å². The van der Waals surface area contributed by atoms with E-state index in [0.717, 1.165) is 56.8 Å². The quantitative estimate of drug-likeness (QED) is 0.738. The minimum absolute atomic E-state index is 0.143. The first-order valence-electron chi connectivity index (χ1n) is 10.0. The molecule has 2 aliphatic heterocycles. The van der Waals surface area contributed by atoms with Gasteiger partial charge in [-0.25, -0.2) is 17.9 Å². The highest BCUT2D eigenvalue weighted by Crippen LogP contribution is 2.32. The summed E-state index contributed by atoms with van der Waals surface area (Å²) < 4.78 is 60.5. The zero-order valence-corrected chi connectivity index (χ0v) is 17.3. The molecule has 0 unspecified atom stereocenters. The van der Waals surface area contributed by atoms with Gasteiger partial charge >= 0.3 is 12.1 Å². The minimum atomic E-state index is -5.08. The van der Waals surface area contributed by atoms with E-state index < -0.39 is 22.2 Å². The predicted octanol–water partition coefficient (Wildman–Crippen LogP) is 1.60. The number of halogens is 3. The Morgan fingerprint density at radius 2 is 1.70 bits per heavy atom. The molecule has 0 aromatic carbocycles. The highest BCUT2D eigenvalue weighted by atomic mass is 32.2. The summed E-state index contributed by atoms with van der Waals surface area (Å²) in [6, 6.07) is 0. The molecule has 0 spiro atoms. The van der Waals surface area contributed by atoms with Crippen molar-refractivity contribution in [3.63, 3.8) is 0 Å². The van der Waals surface area contributed by atoms with Crippen molar-refractivity contribution in [1.29, 1.82) is 0 Å². The van der Waals surface area contributed by atoms with Gasteiger partial charge in [0.25, 0.3) is 0 Å². The third-order valence-electron chi connectivity index (χ3n) is 5.39. The van der Waals surface area contributed by atoms with Crippen molar-refractivity contribution in [1.82, 2.24) is 24.2 Å². The average Bonchev–Trinajstić information content (AvgIpc) is 3.50. The molecule has 0 bridgehead atoms. The molecule has 13 heteroatoms. The number of piperidine rings is 1. The Morgan fingerprint density at radius 1 is 1.07 bits per heavy atom. The molecule has 4 rings (SSSR count). The monoisotopic (exact) mass is 453 g/mol. The Labute approximate surface area is 172 Å². The van der Waals surface area contributed by atoms with Crippen LogP contribution in [0.2, 0.25) is 0 Å². The smallest absolute Gasteiger partial charge is 0.475 e. The lowest BCUT2D eigenvalue weighted by Crippen LogP contribution is -2.34. The summed E-state index contributed by atoms with van der Waals surface area (Å²) in [4.78, 5) is 11.3. The number of alkyl halides is 3. The SMILES string of the molecule is O=C(O)C(F)(F)F.O=S(=O)(C1CC1)N1CCCn2nnc(CN3CCCCC3)c2C1. The summed E-state index contributed by atoms with van der Waals surface area (Å²) in [7, 11) is -3.13. The maximum Gasteiger partial charge on any atom is 0.490 e. The van der Waals surface area contributed by atoms with Crippen molar-refractivity contribution in [3.05, 3.63) is 11.4 Å². The molecule has 1 saturated heterocycles. The molecule has 9 nitrogen and oxygen atoms in total. The van der Waals surface area contributed by atoms with Crippen LogP contribution in [-0.2, 0) is 34.5 Å². The summed E-state index contributed by atoms with van der Waals surface area (Å²) in [6.07, 6.45) is 1.15. The largest absolute Gasteiger partial charge is 0.490 e. The molecular weight excluding hydrogens is 427 g/mol. The van der Waals surface area contributed by atoms with Crippen LogP contribution in [0.15, 0.2) is 0 Å². The highest BCUT2D eigenvalue weighted by molar-refractivity contribution is 7.90. The van der Waals surface area contributed by atoms with Gasteiger partial charge in [0.15, 0.2) is 0 Å². The number of hydrogen-bond acceptors (Lipinski definition) is 6. The fraction of sp³-hybridized carbons (Fsp3) is 0.824. The number of rotatable bonds is 4. The summed E-state index contributed by atoms with van der Waals surface area (Å²) >= 11 is 0. The van der Waals surface area contributed by atoms with Crippen LogP contribution in [0.3, 0.4) is 0 Å². The van der Waals surface area contributed by atoms with E-state index in [0.29, 0.717) is 13.1 Å². The lowest BCUT2D eigenvalue weighted by molar-refractivity contribution is -0.192. The maximum atomic E-state index is 12.6. The zero-order valence-electron chi connectivity index (χ0n) is 16.5. The number of hydrogen-bond donors (Lipinski definition) is 1. The van der Waals surface area contributed by atoms with Crippen LogP contribution in [0.1, 0.15) is 49.9 Å². The van der Waals surface area contributed by atoms with Crippen LogP contribution in [0, 0.1) is 0 Å². The minimum Gasteiger partial charge on any atom is -0.475 e. The molecular formula is C17H26F3N5O4S. The van der Waals surface area contributed by atoms with Gasteiger partial charge in [-0.05, 0) is 45.2 Å². The fourth-order valence-corrected chi connectivity index (χ4v) is 5.45. The van der Waals surface area contributed by atoms with E-state index in [2.05, 4.69) is 15.2 Å². The Kier molecular flexibility index (Phi) is 7.02. The Bertz CT molecular complexity index is 848. The van der Waals surface area contributed by atoms with Gasteiger partial charge in [0.2, 0.25) is 10.0 Å². The van der Waals surface area contributed by atoms with Crippen LogP contribution in [0.5, 0.6) is 0 Å².